The molecular formula is C17H32O2. The highest BCUT2D eigenvalue weighted by molar-refractivity contribution is 5.81. The second-order valence-electron chi connectivity index (χ2n) is 8.08. The van der Waals surface area contributed by atoms with Crippen molar-refractivity contribution in [2.75, 3.05) is 0 Å². The van der Waals surface area contributed by atoms with Gasteiger partial charge in [-0.1, -0.05) is 41.5 Å². The lowest BCUT2D eigenvalue weighted by molar-refractivity contribution is -0.121. The molecule has 0 N–H and O–H groups in total. The lowest BCUT2D eigenvalue weighted by Gasteiger charge is -2.17. The molecule has 19 heavy (non-hydrogen) atoms. The van der Waals surface area contributed by atoms with Crippen LogP contribution in [-0.4, -0.2) is 11.6 Å². The Hall–Kier alpha value is -0.660. The smallest absolute Gasteiger partial charge is 0.133 e. The summed E-state index contributed by atoms with van der Waals surface area (Å²) >= 11 is 0. The summed E-state index contributed by atoms with van der Waals surface area (Å²) in [4.78, 5) is 23.4. The van der Waals surface area contributed by atoms with Crippen LogP contribution in [0.3, 0.4) is 0 Å². The Labute approximate surface area is 119 Å². The Morgan fingerprint density at radius 2 is 1.16 bits per heavy atom. The minimum Gasteiger partial charge on any atom is -0.300 e. The molecule has 0 bridgehead atoms. The maximum absolute atomic E-state index is 11.7. The van der Waals surface area contributed by atoms with E-state index < -0.39 is 0 Å². The Balaban J connectivity index is 3.67. The molecule has 0 aliphatic heterocycles. The van der Waals surface area contributed by atoms with Gasteiger partial charge in [0.05, 0.1) is 0 Å². The van der Waals surface area contributed by atoms with Crippen LogP contribution in [0, 0.1) is 10.8 Å². The summed E-state index contributed by atoms with van der Waals surface area (Å²) in [5.74, 6) is 0.600. The number of hydrogen-bond acceptors (Lipinski definition) is 2. The summed E-state index contributed by atoms with van der Waals surface area (Å²) in [6, 6.07) is 0. The van der Waals surface area contributed by atoms with E-state index in [1.807, 2.05) is 0 Å². The van der Waals surface area contributed by atoms with Crippen LogP contribution in [0.25, 0.3) is 0 Å². The molecule has 0 aliphatic rings. The molecular weight excluding hydrogens is 236 g/mol. The molecule has 112 valence electrons. The van der Waals surface area contributed by atoms with Crippen molar-refractivity contribution in [3.05, 3.63) is 0 Å². The number of ketones is 2. The molecule has 0 saturated heterocycles. The van der Waals surface area contributed by atoms with Gasteiger partial charge in [-0.25, -0.2) is 0 Å². The molecule has 0 unspecified atom stereocenters. The summed E-state index contributed by atoms with van der Waals surface area (Å²) in [6.45, 7) is 12.8. The minimum atomic E-state index is 0.0633. The van der Waals surface area contributed by atoms with E-state index in [1.165, 1.54) is 0 Å². The number of hydrogen-bond donors (Lipinski definition) is 0. The van der Waals surface area contributed by atoms with E-state index in [0.717, 1.165) is 19.3 Å². The second-order valence-corrected chi connectivity index (χ2v) is 8.08. The average molecular weight is 268 g/mol. The van der Waals surface area contributed by atoms with Crippen molar-refractivity contribution in [2.24, 2.45) is 10.8 Å². The molecule has 0 spiro atoms. The lowest BCUT2D eigenvalue weighted by Crippen LogP contribution is -2.13. The van der Waals surface area contributed by atoms with Crippen molar-refractivity contribution in [3.63, 3.8) is 0 Å². The quantitative estimate of drug-likeness (QED) is 0.624. The zero-order valence-corrected chi connectivity index (χ0v) is 13.8. The van der Waals surface area contributed by atoms with E-state index in [4.69, 9.17) is 0 Å². The molecule has 0 saturated carbocycles. The molecule has 0 atom stereocenters. The van der Waals surface area contributed by atoms with Crippen LogP contribution in [0.15, 0.2) is 0 Å². The van der Waals surface area contributed by atoms with Crippen molar-refractivity contribution in [3.8, 4) is 0 Å². The van der Waals surface area contributed by atoms with Gasteiger partial charge in [0.25, 0.3) is 0 Å². The van der Waals surface area contributed by atoms with Gasteiger partial charge < -0.3 is 0 Å². The van der Waals surface area contributed by atoms with Crippen LogP contribution in [0.4, 0.5) is 0 Å². The van der Waals surface area contributed by atoms with Crippen LogP contribution in [0.1, 0.15) is 86.5 Å². The molecule has 0 fully saturated rings. The Morgan fingerprint density at radius 1 is 0.684 bits per heavy atom. The van der Waals surface area contributed by atoms with Gasteiger partial charge in [-0.3, -0.25) is 9.59 Å². The fraction of sp³-hybridized carbons (Fsp3) is 0.882. The molecule has 0 aromatic carbocycles. The molecule has 0 aromatic rings. The third kappa shape index (κ3) is 13.6. The molecule has 0 aliphatic carbocycles. The summed E-state index contributed by atoms with van der Waals surface area (Å²) in [5.41, 5.74) is 0.372. The number of rotatable bonds is 8. The lowest BCUT2D eigenvalue weighted by atomic mass is 9.88. The first-order valence-electron chi connectivity index (χ1n) is 7.53. The highest BCUT2D eigenvalue weighted by Crippen LogP contribution is 2.22. The van der Waals surface area contributed by atoms with Crippen molar-refractivity contribution in [1.82, 2.24) is 0 Å². The zero-order chi connectivity index (χ0) is 15.1. The average Bonchev–Trinajstić information content (AvgIpc) is 2.12. The van der Waals surface area contributed by atoms with Gasteiger partial charge >= 0.3 is 0 Å². The van der Waals surface area contributed by atoms with Gasteiger partial charge in [-0.15, -0.1) is 0 Å². The monoisotopic (exact) mass is 268 g/mol. The first-order chi connectivity index (χ1) is 8.49. The Morgan fingerprint density at radius 3 is 1.63 bits per heavy atom. The predicted molar refractivity (Wildman–Crippen MR) is 81.2 cm³/mol. The van der Waals surface area contributed by atoms with E-state index in [2.05, 4.69) is 41.5 Å². The molecule has 0 amide bonds. The summed E-state index contributed by atoms with van der Waals surface area (Å²) in [7, 11) is 0. The highest BCUT2D eigenvalue weighted by atomic mass is 16.1. The van der Waals surface area contributed by atoms with Gasteiger partial charge in [0.1, 0.15) is 11.6 Å². The van der Waals surface area contributed by atoms with Crippen molar-refractivity contribution < 1.29 is 9.59 Å². The van der Waals surface area contributed by atoms with E-state index >= 15 is 0 Å². The van der Waals surface area contributed by atoms with E-state index in [0.29, 0.717) is 36.9 Å². The normalized spacial score (nSPS) is 12.5. The van der Waals surface area contributed by atoms with Gasteiger partial charge in [-0.05, 0) is 30.1 Å². The Bertz CT molecular complexity index is 289. The van der Waals surface area contributed by atoms with E-state index in [9.17, 15) is 9.59 Å². The van der Waals surface area contributed by atoms with Crippen LogP contribution < -0.4 is 0 Å². The largest absolute Gasteiger partial charge is 0.300 e. The third-order valence-corrected chi connectivity index (χ3v) is 3.02. The molecule has 0 aromatic heterocycles. The van der Waals surface area contributed by atoms with E-state index in [1.54, 1.807) is 0 Å². The molecule has 0 rings (SSSR count). The van der Waals surface area contributed by atoms with Crippen LogP contribution >= 0.6 is 0 Å². The topological polar surface area (TPSA) is 34.1 Å². The summed E-state index contributed by atoms with van der Waals surface area (Å²) < 4.78 is 0. The van der Waals surface area contributed by atoms with Gasteiger partial charge in [0.2, 0.25) is 0 Å². The maximum Gasteiger partial charge on any atom is 0.133 e. The van der Waals surface area contributed by atoms with Gasteiger partial charge in [-0.2, -0.15) is 0 Å². The van der Waals surface area contributed by atoms with Crippen molar-refractivity contribution in [1.29, 1.82) is 0 Å². The fourth-order valence-electron chi connectivity index (χ4n) is 2.10. The molecule has 0 heterocycles. The SMILES string of the molecule is CC(C)(C)CCCC(=O)CCCC(=O)CC(C)(C)C. The molecule has 2 heteroatoms. The van der Waals surface area contributed by atoms with Crippen LogP contribution in [0.5, 0.6) is 0 Å². The third-order valence-electron chi connectivity index (χ3n) is 3.02. The predicted octanol–water partition coefficient (Wildman–Crippen LogP) is 4.95. The second kappa shape index (κ2) is 7.81. The van der Waals surface area contributed by atoms with E-state index in [-0.39, 0.29) is 11.2 Å². The molecule has 0 radical (unpaired) electrons. The summed E-state index contributed by atoms with van der Waals surface area (Å²) in [6.07, 6.45) is 5.20. The van der Waals surface area contributed by atoms with Crippen LogP contribution in [-0.2, 0) is 9.59 Å². The maximum atomic E-state index is 11.7. The standard InChI is InChI=1S/C17H32O2/c1-16(2,3)12-8-11-14(18)9-7-10-15(19)13-17(4,5)6/h7-13H2,1-6H3. The van der Waals surface area contributed by atoms with Gasteiger partial charge in [0, 0.05) is 25.7 Å². The highest BCUT2D eigenvalue weighted by Gasteiger charge is 2.16. The number of carbonyl (C=O) groups excluding carboxylic acids is 2. The zero-order valence-electron chi connectivity index (χ0n) is 13.8. The van der Waals surface area contributed by atoms with Crippen molar-refractivity contribution in [2.45, 2.75) is 86.5 Å². The number of Topliss-reactive ketones (excluding diaryl/α,β-unsaturated/α-hetero) is 2. The van der Waals surface area contributed by atoms with Crippen molar-refractivity contribution >= 4 is 11.6 Å². The van der Waals surface area contributed by atoms with Crippen LogP contribution in [0.2, 0.25) is 0 Å². The molecule has 2 nitrogen and oxygen atoms in total. The number of carbonyl (C=O) groups is 2. The summed E-state index contributed by atoms with van der Waals surface area (Å²) in [5, 5.41) is 0. The van der Waals surface area contributed by atoms with Gasteiger partial charge in [0.15, 0.2) is 0 Å². The Kier molecular flexibility index (Phi) is 7.54. The first-order valence-corrected chi connectivity index (χ1v) is 7.53. The first kappa shape index (κ1) is 18.3. The minimum absolute atomic E-state index is 0.0633. The fourth-order valence-corrected chi connectivity index (χ4v) is 2.10.